The van der Waals surface area contributed by atoms with E-state index < -0.39 is 29.3 Å². The molecular weight excluding hydrogens is 330 g/mol. The minimum Gasteiger partial charge on any atom is -0.444 e. The predicted octanol–water partition coefficient (Wildman–Crippen LogP) is 3.98. The summed E-state index contributed by atoms with van der Waals surface area (Å²) in [7, 11) is 0. The lowest BCUT2D eigenvalue weighted by Crippen LogP contribution is -2.55. The summed E-state index contributed by atoms with van der Waals surface area (Å²) in [6, 6.07) is 2.47. The second-order valence-electron chi connectivity index (χ2n) is 6.62. The molecule has 134 valence electrons. The number of amides is 1. The lowest BCUT2D eigenvalue weighted by molar-refractivity contribution is -0.139. The van der Waals surface area contributed by atoms with Gasteiger partial charge in [0.05, 0.1) is 31.4 Å². The summed E-state index contributed by atoms with van der Waals surface area (Å²) in [6.45, 7) is 5.42. The van der Waals surface area contributed by atoms with Crippen LogP contribution in [-0.4, -0.2) is 35.8 Å². The minimum absolute atomic E-state index is 0.139. The fourth-order valence-corrected chi connectivity index (χ4v) is 2.17. The number of ether oxygens (including phenoxy) is 2. The molecule has 0 N–H and O–H groups in total. The lowest BCUT2D eigenvalue weighted by atomic mass is 10.1. The van der Waals surface area contributed by atoms with E-state index in [2.05, 4.69) is 0 Å². The van der Waals surface area contributed by atoms with E-state index in [1.165, 1.54) is 4.90 Å². The molecule has 8 heteroatoms. The lowest BCUT2D eigenvalue weighted by Gasteiger charge is -2.39. The van der Waals surface area contributed by atoms with Gasteiger partial charge in [0.1, 0.15) is 11.4 Å². The van der Waals surface area contributed by atoms with Crippen molar-refractivity contribution in [2.75, 3.05) is 13.1 Å². The monoisotopic (exact) mass is 349 g/mol. The van der Waals surface area contributed by atoms with Gasteiger partial charge in [0.2, 0.25) is 0 Å². The zero-order valence-corrected chi connectivity index (χ0v) is 13.6. The maximum atomic E-state index is 13.0. The van der Waals surface area contributed by atoms with Crippen LogP contribution in [0.1, 0.15) is 31.9 Å². The van der Waals surface area contributed by atoms with Gasteiger partial charge >= 0.3 is 12.3 Å². The first-order valence-electron chi connectivity index (χ1n) is 7.41. The van der Waals surface area contributed by atoms with E-state index in [9.17, 15) is 22.4 Å². The van der Waals surface area contributed by atoms with Crippen LogP contribution in [0.5, 0.6) is 0 Å². The van der Waals surface area contributed by atoms with E-state index in [-0.39, 0.29) is 31.4 Å². The van der Waals surface area contributed by atoms with Gasteiger partial charge in [0, 0.05) is 0 Å². The first-order valence-corrected chi connectivity index (χ1v) is 7.41. The number of rotatable bonds is 3. The van der Waals surface area contributed by atoms with Crippen molar-refractivity contribution in [3.05, 3.63) is 35.1 Å². The molecule has 0 unspecified atom stereocenters. The molecule has 1 aliphatic heterocycles. The van der Waals surface area contributed by atoms with Crippen molar-refractivity contribution in [1.29, 1.82) is 0 Å². The van der Waals surface area contributed by atoms with Gasteiger partial charge in [-0.25, -0.2) is 9.18 Å². The van der Waals surface area contributed by atoms with Crippen molar-refractivity contribution in [2.45, 2.75) is 45.3 Å². The number of carbonyl (C=O) groups excluding carboxylic acids is 1. The Balaban J connectivity index is 1.88. The quantitative estimate of drug-likeness (QED) is 0.775. The maximum Gasteiger partial charge on any atom is 0.416 e. The number of benzene rings is 1. The zero-order valence-electron chi connectivity index (χ0n) is 13.6. The Morgan fingerprint density at radius 3 is 2.42 bits per heavy atom. The molecule has 4 nitrogen and oxygen atoms in total. The van der Waals surface area contributed by atoms with E-state index >= 15 is 0 Å². The Kier molecular flexibility index (Phi) is 5.08. The topological polar surface area (TPSA) is 38.8 Å². The van der Waals surface area contributed by atoms with Gasteiger partial charge < -0.3 is 14.4 Å². The molecule has 0 spiro atoms. The molecule has 2 rings (SSSR count). The third-order valence-electron chi connectivity index (χ3n) is 3.35. The highest BCUT2D eigenvalue weighted by molar-refractivity contribution is 5.69. The molecule has 1 saturated heterocycles. The zero-order chi connectivity index (χ0) is 18.1. The Hall–Kier alpha value is -1.83. The first-order chi connectivity index (χ1) is 11.0. The van der Waals surface area contributed by atoms with Crippen LogP contribution in [0.25, 0.3) is 0 Å². The van der Waals surface area contributed by atoms with Crippen molar-refractivity contribution in [3.63, 3.8) is 0 Å². The van der Waals surface area contributed by atoms with Crippen LogP contribution in [-0.2, 0) is 22.3 Å². The van der Waals surface area contributed by atoms with Crippen LogP contribution < -0.4 is 0 Å². The van der Waals surface area contributed by atoms with Gasteiger partial charge in [-0.3, -0.25) is 0 Å². The van der Waals surface area contributed by atoms with Gasteiger partial charge in [-0.2, -0.15) is 13.2 Å². The standard InChI is InChI=1S/C16H19F4NO3/c1-15(2,3)24-14(22)21-7-12(8-21)23-9-10-4-5-11(17)6-13(10)16(18,19)20/h4-6,12H,7-9H2,1-3H3. The molecule has 1 heterocycles. The molecule has 1 amide bonds. The van der Waals surface area contributed by atoms with E-state index in [0.29, 0.717) is 6.07 Å². The number of nitrogens with zero attached hydrogens (tertiary/aromatic N) is 1. The summed E-state index contributed by atoms with van der Waals surface area (Å²) in [5.41, 5.74) is -1.80. The van der Waals surface area contributed by atoms with Gasteiger partial charge in [-0.05, 0) is 38.5 Å². The highest BCUT2D eigenvalue weighted by Gasteiger charge is 2.36. The normalized spacial score (nSPS) is 16.0. The molecule has 0 saturated carbocycles. The van der Waals surface area contributed by atoms with Crippen LogP contribution in [0.3, 0.4) is 0 Å². The minimum atomic E-state index is -4.65. The van der Waals surface area contributed by atoms with Crippen LogP contribution in [0.4, 0.5) is 22.4 Å². The van der Waals surface area contributed by atoms with E-state index in [1.807, 2.05) is 0 Å². The average Bonchev–Trinajstić information content (AvgIpc) is 2.35. The average molecular weight is 349 g/mol. The van der Waals surface area contributed by atoms with Crippen LogP contribution in [0.2, 0.25) is 0 Å². The Morgan fingerprint density at radius 1 is 1.25 bits per heavy atom. The van der Waals surface area contributed by atoms with Crippen LogP contribution in [0.15, 0.2) is 18.2 Å². The van der Waals surface area contributed by atoms with Crippen molar-refractivity contribution in [2.24, 2.45) is 0 Å². The predicted molar refractivity (Wildman–Crippen MR) is 77.8 cm³/mol. The van der Waals surface area contributed by atoms with Gasteiger partial charge in [0.15, 0.2) is 0 Å². The Labute approximate surface area is 137 Å². The largest absolute Gasteiger partial charge is 0.444 e. The molecule has 0 radical (unpaired) electrons. The molecule has 0 bridgehead atoms. The summed E-state index contributed by atoms with van der Waals surface area (Å²) >= 11 is 0. The molecule has 1 fully saturated rings. The molecule has 1 aromatic carbocycles. The second-order valence-corrected chi connectivity index (χ2v) is 6.62. The number of halogens is 4. The fourth-order valence-electron chi connectivity index (χ4n) is 2.17. The SMILES string of the molecule is CC(C)(C)OC(=O)N1CC(OCc2ccc(F)cc2C(F)(F)F)C1. The molecular formula is C16H19F4NO3. The number of hydrogen-bond acceptors (Lipinski definition) is 3. The molecule has 24 heavy (non-hydrogen) atoms. The van der Waals surface area contributed by atoms with Crippen molar-refractivity contribution >= 4 is 6.09 Å². The number of hydrogen-bond donors (Lipinski definition) is 0. The van der Waals surface area contributed by atoms with Gasteiger partial charge in [0.25, 0.3) is 0 Å². The van der Waals surface area contributed by atoms with Gasteiger partial charge in [-0.15, -0.1) is 0 Å². The van der Waals surface area contributed by atoms with Crippen molar-refractivity contribution in [3.8, 4) is 0 Å². The summed E-state index contributed by atoms with van der Waals surface area (Å²) in [5, 5.41) is 0. The molecule has 0 atom stereocenters. The van der Waals surface area contributed by atoms with Crippen molar-refractivity contribution in [1.82, 2.24) is 4.90 Å². The van der Waals surface area contributed by atoms with E-state index in [0.717, 1.165) is 12.1 Å². The third kappa shape index (κ3) is 4.83. The highest BCUT2D eigenvalue weighted by Crippen LogP contribution is 2.33. The van der Waals surface area contributed by atoms with Crippen LogP contribution >= 0.6 is 0 Å². The smallest absolute Gasteiger partial charge is 0.416 e. The maximum absolute atomic E-state index is 13.0. The number of carbonyl (C=O) groups is 1. The fraction of sp³-hybridized carbons (Fsp3) is 0.562. The van der Waals surface area contributed by atoms with E-state index in [1.54, 1.807) is 20.8 Å². The molecule has 1 aliphatic rings. The van der Waals surface area contributed by atoms with Crippen LogP contribution in [0, 0.1) is 5.82 Å². The van der Waals surface area contributed by atoms with E-state index in [4.69, 9.17) is 9.47 Å². The number of alkyl halides is 3. The van der Waals surface area contributed by atoms with Gasteiger partial charge in [-0.1, -0.05) is 6.07 Å². The summed E-state index contributed by atoms with van der Waals surface area (Å²) in [6.07, 6.45) is -5.51. The number of likely N-dealkylation sites (tertiary alicyclic amines) is 1. The second kappa shape index (κ2) is 6.58. The Morgan fingerprint density at radius 2 is 1.88 bits per heavy atom. The summed E-state index contributed by atoms with van der Waals surface area (Å²) in [5.74, 6) is -0.953. The molecule has 0 aliphatic carbocycles. The summed E-state index contributed by atoms with van der Waals surface area (Å²) in [4.78, 5) is 13.1. The Bertz CT molecular complexity index is 604. The molecule has 1 aromatic rings. The summed E-state index contributed by atoms with van der Waals surface area (Å²) < 4.78 is 62.2. The highest BCUT2D eigenvalue weighted by atomic mass is 19.4. The first kappa shape index (κ1) is 18.5. The molecule has 0 aromatic heterocycles. The third-order valence-corrected chi connectivity index (χ3v) is 3.35. The van der Waals surface area contributed by atoms with Crippen molar-refractivity contribution < 1.29 is 31.8 Å².